The van der Waals surface area contributed by atoms with Gasteiger partial charge in [0.05, 0.1) is 70.1 Å². The maximum atomic E-state index is 14.4. The summed E-state index contributed by atoms with van der Waals surface area (Å²) in [6, 6.07) is 2.40. The minimum Gasteiger partial charge on any atom is -0.495 e. The topological polar surface area (TPSA) is 250 Å². The number of nitrogens with zero attached hydrogens (tertiary/aromatic N) is 4. The van der Waals surface area contributed by atoms with E-state index in [1.54, 1.807) is 52.1 Å². The molecule has 2 N–H and O–H groups in total. The molecule has 10 atom stereocenters. The highest BCUT2D eigenvalue weighted by Crippen LogP contribution is 2.49. The molecule has 420 valence electrons. The number of halogens is 1. The highest BCUT2D eigenvalue weighted by atomic mass is 35.5. The Balaban J connectivity index is 1.07. The van der Waals surface area contributed by atoms with Crippen LogP contribution in [-0.4, -0.2) is 187 Å². The molecule has 21 nitrogen and oxygen atoms in total. The Morgan fingerprint density at radius 3 is 2.24 bits per heavy atom. The largest absolute Gasteiger partial charge is 0.495 e. The van der Waals surface area contributed by atoms with E-state index in [1.165, 1.54) is 59.6 Å². The summed E-state index contributed by atoms with van der Waals surface area (Å²) in [7, 11) is 5.90. The third-order valence-electron chi connectivity index (χ3n) is 14.9. The molecule has 4 fully saturated rings. The first-order valence-corrected chi connectivity index (χ1v) is 26.9. The SMILES string of the molecule is COc1cc2cc(c1Cl)N(C)C(=O)C[C@H](OC(=O)[C@H](C)N(C)C(=O)CCC(C)(C)SC1CC(=O)N(CCOCCOCCN3C(=O)CC(C)C3=O)C1=O)[C@]1(C)O[C@H]1[C@H](C)[C@@H]1C[C@@](O)(NC(=O)O1)[C@H](OC)/C=C/C=C(\C)C2. The number of rotatable bonds is 19. The van der Waals surface area contributed by atoms with Crippen molar-refractivity contribution in [3.63, 3.8) is 0 Å². The maximum Gasteiger partial charge on any atom is 0.409 e. The first kappa shape index (κ1) is 60.1. The number of methoxy groups -OCH3 is 2. The molecule has 23 heteroatoms. The summed E-state index contributed by atoms with van der Waals surface area (Å²) < 4.78 is 40.0. The summed E-state index contributed by atoms with van der Waals surface area (Å²) in [5, 5.41) is 13.9. The Morgan fingerprint density at radius 1 is 0.974 bits per heavy atom. The number of esters is 1. The monoisotopic (exact) mass is 1100 g/mol. The van der Waals surface area contributed by atoms with Gasteiger partial charge in [-0.15, -0.1) is 11.8 Å². The summed E-state index contributed by atoms with van der Waals surface area (Å²) in [5.41, 5.74) is -1.19. The molecule has 5 aliphatic rings. The number of nitrogens with one attached hydrogen (secondary N) is 1. The highest BCUT2D eigenvalue weighted by Gasteiger charge is 2.64. The van der Waals surface area contributed by atoms with Crippen molar-refractivity contribution >= 4 is 76.6 Å². The molecule has 0 aromatic heterocycles. The molecule has 5 aliphatic heterocycles. The Bertz CT molecular complexity index is 2460. The number of ether oxygens (including phenoxy) is 7. The van der Waals surface area contributed by atoms with Crippen LogP contribution in [0.1, 0.15) is 92.6 Å². The van der Waals surface area contributed by atoms with Crippen molar-refractivity contribution in [1.29, 1.82) is 0 Å². The van der Waals surface area contributed by atoms with Crippen LogP contribution in [-0.2, 0) is 68.4 Å². The summed E-state index contributed by atoms with van der Waals surface area (Å²) in [5.74, 6) is -3.39. The van der Waals surface area contributed by atoms with Gasteiger partial charge in [0.1, 0.15) is 40.7 Å². The number of fused-ring (bicyclic) bond motifs is 5. The quantitative estimate of drug-likeness (QED) is 0.0845. The molecule has 0 spiro atoms. The van der Waals surface area contributed by atoms with Crippen LogP contribution in [0.2, 0.25) is 5.02 Å². The second-order valence-corrected chi connectivity index (χ2v) is 23.4. The molecule has 0 radical (unpaired) electrons. The number of aliphatic hydroxyl groups is 1. The van der Waals surface area contributed by atoms with E-state index in [1.807, 2.05) is 26.8 Å². The van der Waals surface area contributed by atoms with Crippen LogP contribution in [0.25, 0.3) is 0 Å². The number of likely N-dealkylation sites (N-methyl/N-ethyl adjacent to an activating group) is 1. The normalized spacial score (nSPS) is 29.8. The molecule has 0 aliphatic carbocycles. The third-order valence-corrected chi connectivity index (χ3v) is 16.8. The zero-order valence-electron chi connectivity index (χ0n) is 45.3. The average molecular weight is 1100 g/mol. The lowest BCUT2D eigenvalue weighted by atomic mass is 9.83. The van der Waals surface area contributed by atoms with E-state index in [0.717, 1.165) is 11.1 Å². The standard InChI is InChI=1S/C53H74ClN5O16S/c1-30-13-12-14-39(70-11)53(68)29-37(73-50(67)55-53)32(3)46-52(7,75-46)40(28-42(61)57(9)35-25-34(23-30)26-36(69-10)45(35)54)74-49(66)33(4)56(8)41(60)15-16-51(5,6)76-38-27-44(63)59(48(38)65)18-20-72-22-21-71-19-17-58-43(62)24-31(2)47(58)64/h12-14,25-26,31-33,37-40,46,68H,15-24,27-29H2,1-11H3,(H,55,67)/b14-12+,30-13+/t31?,32-,33+,37+,38?,39-,40+,46+,52+,53+/m1/s1. The summed E-state index contributed by atoms with van der Waals surface area (Å²) in [4.78, 5) is 111. The molecular formula is C53H74ClN5O16S. The summed E-state index contributed by atoms with van der Waals surface area (Å²) in [6.45, 7) is 13.2. The van der Waals surface area contributed by atoms with Crippen LogP contribution in [0.15, 0.2) is 35.9 Å². The molecule has 4 bridgehead atoms. The third kappa shape index (κ3) is 14.1. The average Bonchev–Trinajstić information content (AvgIpc) is 3.93. The van der Waals surface area contributed by atoms with Crippen molar-refractivity contribution in [2.24, 2.45) is 11.8 Å². The molecule has 4 saturated heterocycles. The Hall–Kier alpha value is -5.10. The van der Waals surface area contributed by atoms with E-state index in [0.29, 0.717) is 24.3 Å². The number of likely N-dealkylation sites (tertiary alicyclic amines) is 2. The van der Waals surface area contributed by atoms with Crippen LogP contribution >= 0.6 is 23.4 Å². The lowest BCUT2D eigenvalue weighted by Crippen LogP contribution is -2.63. The number of allylic oxidation sites excluding steroid dienone is 3. The zero-order chi connectivity index (χ0) is 56.0. The summed E-state index contributed by atoms with van der Waals surface area (Å²) in [6.07, 6.45) is 0.843. The van der Waals surface area contributed by atoms with E-state index < -0.39 is 81.6 Å². The van der Waals surface area contributed by atoms with Crippen molar-refractivity contribution < 1.29 is 76.6 Å². The van der Waals surface area contributed by atoms with Gasteiger partial charge in [-0.2, -0.15) is 0 Å². The number of amides is 7. The number of anilines is 1. The molecule has 76 heavy (non-hydrogen) atoms. The molecule has 7 amide bonds. The molecule has 1 aromatic carbocycles. The smallest absolute Gasteiger partial charge is 0.409 e. The van der Waals surface area contributed by atoms with E-state index in [9.17, 15) is 43.5 Å². The van der Waals surface area contributed by atoms with Crippen molar-refractivity contribution in [1.82, 2.24) is 20.0 Å². The predicted octanol–water partition coefficient (Wildman–Crippen LogP) is 4.36. The minimum absolute atomic E-state index is 0.0108. The summed E-state index contributed by atoms with van der Waals surface area (Å²) >= 11 is 8.13. The van der Waals surface area contributed by atoms with E-state index in [2.05, 4.69) is 5.32 Å². The second-order valence-electron chi connectivity index (χ2n) is 21.1. The molecular weight excluding hydrogens is 1030 g/mol. The van der Waals surface area contributed by atoms with Crippen LogP contribution < -0.4 is 15.0 Å². The number of epoxide rings is 1. The number of carbonyl (C=O) groups excluding carboxylic acids is 8. The van der Waals surface area contributed by atoms with Gasteiger partial charge in [-0.1, -0.05) is 63.1 Å². The lowest BCUT2D eigenvalue weighted by Gasteiger charge is -2.42. The number of hydrogen-bond acceptors (Lipinski definition) is 17. The van der Waals surface area contributed by atoms with Crippen molar-refractivity contribution in [2.45, 2.75) is 145 Å². The van der Waals surface area contributed by atoms with Gasteiger partial charge in [0, 0.05) is 63.5 Å². The zero-order valence-corrected chi connectivity index (χ0v) is 46.9. The lowest BCUT2D eigenvalue weighted by molar-refractivity contribution is -0.162. The van der Waals surface area contributed by atoms with Crippen LogP contribution in [0.3, 0.4) is 0 Å². The molecule has 5 heterocycles. The first-order chi connectivity index (χ1) is 35.7. The molecule has 1 aromatic rings. The minimum atomic E-state index is -1.88. The van der Waals surface area contributed by atoms with Gasteiger partial charge in [-0.3, -0.25) is 43.9 Å². The van der Waals surface area contributed by atoms with Crippen molar-refractivity contribution in [2.75, 3.05) is 72.7 Å². The van der Waals surface area contributed by atoms with Gasteiger partial charge in [-0.25, -0.2) is 9.59 Å². The fourth-order valence-corrected chi connectivity index (χ4v) is 11.7. The molecule has 0 saturated carbocycles. The highest BCUT2D eigenvalue weighted by molar-refractivity contribution is 8.02. The van der Waals surface area contributed by atoms with Gasteiger partial charge in [-0.05, 0) is 51.3 Å². The molecule has 2 unspecified atom stereocenters. The Morgan fingerprint density at radius 2 is 1.62 bits per heavy atom. The number of imide groups is 2. The maximum absolute atomic E-state index is 14.4. The van der Waals surface area contributed by atoms with Crippen molar-refractivity contribution in [3.05, 3.63) is 46.5 Å². The van der Waals surface area contributed by atoms with E-state index >= 15 is 0 Å². The number of hydrogen-bond donors (Lipinski definition) is 2. The number of carbonyl (C=O) groups is 8. The second kappa shape index (κ2) is 25.1. The van der Waals surface area contributed by atoms with E-state index in [-0.39, 0.29) is 106 Å². The van der Waals surface area contributed by atoms with E-state index in [4.69, 9.17) is 44.8 Å². The number of thioether (sulfide) groups is 1. The Kier molecular flexibility index (Phi) is 19.9. The van der Waals surface area contributed by atoms with Gasteiger partial charge in [0.25, 0.3) is 0 Å². The molecule has 6 rings (SSSR count). The van der Waals surface area contributed by atoms with Gasteiger partial charge < -0.3 is 48.1 Å². The first-order valence-electron chi connectivity index (χ1n) is 25.6. The fourth-order valence-electron chi connectivity index (χ4n) is 9.94. The van der Waals surface area contributed by atoms with Crippen LogP contribution in [0.5, 0.6) is 5.75 Å². The van der Waals surface area contributed by atoms with Gasteiger partial charge in [0.2, 0.25) is 35.4 Å². The van der Waals surface area contributed by atoms with Crippen LogP contribution in [0, 0.1) is 11.8 Å². The van der Waals surface area contributed by atoms with Crippen molar-refractivity contribution in [3.8, 4) is 5.75 Å². The number of benzene rings is 1. The predicted molar refractivity (Wildman–Crippen MR) is 279 cm³/mol. The fraction of sp³-hybridized carbons (Fsp3) is 0.660. The number of alkyl carbamates (subject to hydrolysis) is 1. The van der Waals surface area contributed by atoms with Gasteiger partial charge >= 0.3 is 12.1 Å². The van der Waals surface area contributed by atoms with Gasteiger partial charge in [0.15, 0.2) is 5.72 Å². The Labute approximate surface area is 453 Å². The van der Waals surface area contributed by atoms with Crippen LogP contribution in [0.4, 0.5) is 10.5 Å².